The van der Waals surface area contributed by atoms with Crippen LogP contribution >= 0.6 is 11.3 Å². The van der Waals surface area contributed by atoms with Crippen LogP contribution in [0.15, 0.2) is 5.38 Å². The number of aryl methyl sites for hydroxylation is 1. The molecule has 1 atom stereocenters. The van der Waals surface area contributed by atoms with Crippen LogP contribution in [-0.4, -0.2) is 47.5 Å². The van der Waals surface area contributed by atoms with Crippen LogP contribution in [0.2, 0.25) is 0 Å². The van der Waals surface area contributed by atoms with Crippen LogP contribution in [0.25, 0.3) is 0 Å². The first-order chi connectivity index (χ1) is 10.2. The van der Waals surface area contributed by atoms with Crippen molar-refractivity contribution in [2.45, 2.75) is 51.1 Å². The van der Waals surface area contributed by atoms with Gasteiger partial charge in [0.15, 0.2) is 5.13 Å². The zero-order chi connectivity index (χ0) is 14.7. The van der Waals surface area contributed by atoms with Gasteiger partial charge in [0.25, 0.3) is 0 Å². The van der Waals surface area contributed by atoms with Crippen LogP contribution in [0.4, 0.5) is 5.13 Å². The number of nitrogens with zero attached hydrogens (tertiary/aromatic N) is 2. The normalized spacial score (nSPS) is 22.5. The van der Waals surface area contributed by atoms with Crippen molar-refractivity contribution in [3.8, 4) is 0 Å². The van der Waals surface area contributed by atoms with Gasteiger partial charge >= 0.3 is 0 Å². The van der Waals surface area contributed by atoms with Gasteiger partial charge < -0.3 is 10.6 Å². The van der Waals surface area contributed by atoms with Crippen molar-refractivity contribution in [1.29, 1.82) is 0 Å². The minimum Gasteiger partial charge on any atom is -0.313 e. The van der Waals surface area contributed by atoms with Crippen molar-refractivity contribution in [1.82, 2.24) is 15.2 Å². The number of carbonyl (C=O) groups is 1. The molecule has 1 saturated heterocycles. The van der Waals surface area contributed by atoms with Crippen LogP contribution in [0, 0.1) is 6.92 Å². The molecule has 2 N–H and O–H groups in total. The number of hydrogen-bond acceptors (Lipinski definition) is 5. The second-order valence-corrected chi connectivity index (χ2v) is 7.01. The number of anilines is 1. The average molecular weight is 308 g/mol. The van der Waals surface area contributed by atoms with Gasteiger partial charge in [-0.05, 0) is 39.2 Å². The zero-order valence-electron chi connectivity index (χ0n) is 12.6. The van der Waals surface area contributed by atoms with Gasteiger partial charge in [-0.2, -0.15) is 0 Å². The SMILES string of the molecule is Cc1csc(NC(=O)CN(CC2CCCCN2)C2CC2)n1. The first-order valence-electron chi connectivity index (χ1n) is 7.90. The third kappa shape index (κ3) is 4.49. The van der Waals surface area contributed by atoms with Crippen molar-refractivity contribution in [2.24, 2.45) is 0 Å². The third-order valence-electron chi connectivity index (χ3n) is 4.14. The summed E-state index contributed by atoms with van der Waals surface area (Å²) in [6, 6.07) is 1.16. The Morgan fingerprint density at radius 2 is 2.33 bits per heavy atom. The molecule has 0 bridgehead atoms. The summed E-state index contributed by atoms with van der Waals surface area (Å²) in [6.45, 7) is 4.54. The molecule has 1 aliphatic heterocycles. The molecule has 0 radical (unpaired) electrons. The summed E-state index contributed by atoms with van der Waals surface area (Å²) < 4.78 is 0. The lowest BCUT2D eigenvalue weighted by Gasteiger charge is -2.30. The van der Waals surface area contributed by atoms with E-state index in [2.05, 4.69) is 20.5 Å². The Hall–Kier alpha value is -0.980. The lowest BCUT2D eigenvalue weighted by atomic mass is 10.0. The van der Waals surface area contributed by atoms with E-state index in [9.17, 15) is 4.79 Å². The second-order valence-electron chi connectivity index (χ2n) is 6.15. The molecule has 5 nitrogen and oxygen atoms in total. The monoisotopic (exact) mass is 308 g/mol. The largest absolute Gasteiger partial charge is 0.313 e. The number of nitrogens with one attached hydrogen (secondary N) is 2. The molecule has 1 aromatic rings. The van der Waals surface area contributed by atoms with Crippen LogP contribution in [0.3, 0.4) is 0 Å². The second kappa shape index (κ2) is 6.85. The van der Waals surface area contributed by atoms with Gasteiger partial charge in [-0.3, -0.25) is 9.69 Å². The lowest BCUT2D eigenvalue weighted by Crippen LogP contribution is -2.46. The molecule has 2 aliphatic rings. The fraction of sp³-hybridized carbons (Fsp3) is 0.733. The molecule has 1 amide bonds. The Bertz CT molecular complexity index is 480. The van der Waals surface area contributed by atoms with Crippen molar-refractivity contribution in [2.75, 3.05) is 25.0 Å². The van der Waals surface area contributed by atoms with Crippen LogP contribution in [0.1, 0.15) is 37.8 Å². The van der Waals surface area contributed by atoms with E-state index in [0.29, 0.717) is 23.8 Å². The Morgan fingerprint density at radius 3 is 2.95 bits per heavy atom. The predicted molar refractivity (Wildman–Crippen MR) is 85.7 cm³/mol. The van der Waals surface area contributed by atoms with Crippen LogP contribution in [-0.2, 0) is 4.79 Å². The van der Waals surface area contributed by atoms with Gasteiger partial charge in [0.2, 0.25) is 5.91 Å². The molecule has 0 aromatic carbocycles. The highest BCUT2D eigenvalue weighted by Gasteiger charge is 2.32. The van der Waals surface area contributed by atoms with E-state index in [-0.39, 0.29) is 5.91 Å². The maximum absolute atomic E-state index is 12.2. The molecule has 2 fully saturated rings. The highest BCUT2D eigenvalue weighted by molar-refractivity contribution is 7.13. The van der Waals surface area contributed by atoms with Gasteiger partial charge in [-0.1, -0.05) is 6.42 Å². The van der Waals surface area contributed by atoms with E-state index in [1.165, 1.54) is 43.4 Å². The molecule has 1 aromatic heterocycles. The summed E-state index contributed by atoms with van der Waals surface area (Å²) in [4.78, 5) is 18.8. The van der Waals surface area contributed by atoms with Crippen molar-refractivity contribution < 1.29 is 4.79 Å². The van der Waals surface area contributed by atoms with E-state index >= 15 is 0 Å². The molecule has 0 spiro atoms. The summed E-state index contributed by atoms with van der Waals surface area (Å²) in [5.74, 6) is 0.0621. The van der Waals surface area contributed by atoms with E-state index in [1.54, 1.807) is 0 Å². The lowest BCUT2D eigenvalue weighted by molar-refractivity contribution is -0.117. The molecule has 1 saturated carbocycles. The minimum absolute atomic E-state index is 0.0621. The third-order valence-corrected chi connectivity index (χ3v) is 5.02. The smallest absolute Gasteiger partial charge is 0.240 e. The summed E-state index contributed by atoms with van der Waals surface area (Å²) in [6.07, 6.45) is 6.29. The van der Waals surface area contributed by atoms with Gasteiger partial charge in [0.1, 0.15) is 0 Å². The van der Waals surface area contributed by atoms with Crippen molar-refractivity contribution in [3.63, 3.8) is 0 Å². The Morgan fingerprint density at radius 1 is 1.48 bits per heavy atom. The van der Waals surface area contributed by atoms with Gasteiger partial charge in [-0.15, -0.1) is 11.3 Å². The summed E-state index contributed by atoms with van der Waals surface area (Å²) >= 11 is 1.49. The highest BCUT2D eigenvalue weighted by atomic mass is 32.1. The molecule has 116 valence electrons. The first-order valence-corrected chi connectivity index (χ1v) is 8.78. The van der Waals surface area contributed by atoms with Crippen molar-refractivity contribution >= 4 is 22.4 Å². The molecule has 2 heterocycles. The maximum Gasteiger partial charge on any atom is 0.240 e. The molecular formula is C15H24N4OS. The van der Waals surface area contributed by atoms with Crippen LogP contribution < -0.4 is 10.6 Å². The molecule has 21 heavy (non-hydrogen) atoms. The van der Waals surface area contributed by atoms with E-state index in [0.717, 1.165) is 18.8 Å². The zero-order valence-corrected chi connectivity index (χ0v) is 13.4. The number of hydrogen-bond donors (Lipinski definition) is 2. The Kier molecular flexibility index (Phi) is 4.87. The molecule has 3 rings (SSSR count). The summed E-state index contributed by atoms with van der Waals surface area (Å²) in [7, 11) is 0. The Balaban J connectivity index is 1.50. The standard InChI is InChI=1S/C15H24N4OS/c1-11-10-21-15(17-11)18-14(20)9-19(13-5-6-13)8-12-4-2-3-7-16-12/h10,12-13,16H,2-9H2,1H3,(H,17,18,20). The fourth-order valence-corrected chi connectivity index (χ4v) is 3.60. The number of thiazole rings is 1. The van der Waals surface area contributed by atoms with Gasteiger partial charge in [0, 0.05) is 24.0 Å². The maximum atomic E-state index is 12.2. The number of piperidine rings is 1. The minimum atomic E-state index is 0.0621. The number of rotatable bonds is 6. The van der Waals surface area contributed by atoms with Crippen LogP contribution in [0.5, 0.6) is 0 Å². The number of amides is 1. The molecule has 1 unspecified atom stereocenters. The topological polar surface area (TPSA) is 57.3 Å². The number of aromatic nitrogens is 1. The van der Waals surface area contributed by atoms with Crippen molar-refractivity contribution in [3.05, 3.63) is 11.1 Å². The van der Waals surface area contributed by atoms with Gasteiger partial charge in [-0.25, -0.2) is 4.98 Å². The quantitative estimate of drug-likeness (QED) is 0.844. The number of carbonyl (C=O) groups excluding carboxylic acids is 1. The summed E-state index contributed by atoms with van der Waals surface area (Å²) in [5, 5.41) is 9.16. The molecular weight excluding hydrogens is 284 g/mol. The fourth-order valence-electron chi connectivity index (χ4n) is 2.90. The molecule has 6 heteroatoms. The Labute approximate surface area is 130 Å². The van der Waals surface area contributed by atoms with E-state index in [4.69, 9.17) is 0 Å². The average Bonchev–Trinajstić information content (AvgIpc) is 3.23. The van der Waals surface area contributed by atoms with E-state index in [1.807, 2.05) is 12.3 Å². The first kappa shape index (κ1) is 14.9. The predicted octanol–water partition coefficient (Wildman–Crippen LogP) is 2.00. The van der Waals surface area contributed by atoms with Gasteiger partial charge in [0.05, 0.1) is 12.2 Å². The highest BCUT2D eigenvalue weighted by Crippen LogP contribution is 2.27. The summed E-state index contributed by atoms with van der Waals surface area (Å²) in [5.41, 5.74) is 0.959. The molecule has 1 aliphatic carbocycles. The van der Waals surface area contributed by atoms with E-state index < -0.39 is 0 Å².